The summed E-state index contributed by atoms with van der Waals surface area (Å²) in [4.78, 5) is 15.4. The van der Waals surface area contributed by atoms with Crippen LogP contribution in [0.1, 0.15) is 56.0 Å². The van der Waals surface area contributed by atoms with E-state index in [1.807, 2.05) is 12.1 Å². The summed E-state index contributed by atoms with van der Waals surface area (Å²) >= 11 is 0. The molecular weight excluding hydrogens is 369 g/mol. The number of nitrogens with zero attached hydrogens (tertiary/aromatic N) is 1. The molecule has 1 aromatic rings. The van der Waals surface area contributed by atoms with Gasteiger partial charge in [0, 0.05) is 35.9 Å². The number of halogens is 2. The van der Waals surface area contributed by atoms with Crippen molar-refractivity contribution in [1.82, 2.24) is 10.2 Å². The van der Waals surface area contributed by atoms with Crippen LogP contribution in [-0.4, -0.2) is 42.0 Å². The largest absolute Gasteiger partial charge is 0.382 e. The van der Waals surface area contributed by atoms with Gasteiger partial charge in [-0.2, -0.15) is 0 Å². The van der Waals surface area contributed by atoms with Crippen molar-refractivity contribution in [2.75, 3.05) is 18.4 Å². The molecule has 148 valence electrons. The summed E-state index contributed by atoms with van der Waals surface area (Å²) in [7, 11) is 0. The zero-order valence-electron chi connectivity index (χ0n) is 16.2. The molecular formula is C20H33Cl2N3O. The lowest BCUT2D eigenvalue weighted by atomic mass is 10.0. The van der Waals surface area contributed by atoms with Crippen LogP contribution >= 0.6 is 24.8 Å². The van der Waals surface area contributed by atoms with Crippen molar-refractivity contribution in [1.29, 1.82) is 0 Å². The van der Waals surface area contributed by atoms with Gasteiger partial charge in [0.15, 0.2) is 0 Å². The van der Waals surface area contributed by atoms with Gasteiger partial charge in [-0.05, 0) is 63.3 Å². The van der Waals surface area contributed by atoms with Gasteiger partial charge in [-0.3, -0.25) is 4.79 Å². The van der Waals surface area contributed by atoms with Gasteiger partial charge in [-0.1, -0.05) is 19.9 Å². The first kappa shape index (κ1) is 23.1. The minimum atomic E-state index is 0. The van der Waals surface area contributed by atoms with Crippen molar-refractivity contribution in [2.45, 2.75) is 65.1 Å². The molecule has 2 aliphatic heterocycles. The van der Waals surface area contributed by atoms with Crippen LogP contribution in [0.15, 0.2) is 18.2 Å². The summed E-state index contributed by atoms with van der Waals surface area (Å²) in [6.45, 7) is 10.6. The molecule has 0 aromatic heterocycles. The molecule has 2 aliphatic rings. The molecule has 2 N–H and O–H groups in total. The van der Waals surface area contributed by atoms with Gasteiger partial charge in [-0.15, -0.1) is 24.8 Å². The lowest BCUT2D eigenvalue weighted by molar-refractivity contribution is 0.0679. The van der Waals surface area contributed by atoms with Crippen molar-refractivity contribution in [3.05, 3.63) is 29.3 Å². The average molecular weight is 402 g/mol. The van der Waals surface area contributed by atoms with Crippen LogP contribution in [0.3, 0.4) is 0 Å². The van der Waals surface area contributed by atoms with E-state index < -0.39 is 0 Å². The van der Waals surface area contributed by atoms with E-state index in [2.05, 4.69) is 49.3 Å². The third-order valence-electron chi connectivity index (χ3n) is 5.84. The highest BCUT2D eigenvalue weighted by molar-refractivity contribution is 5.97. The number of carbonyl (C=O) groups excluding carboxylic acids is 1. The van der Waals surface area contributed by atoms with E-state index in [9.17, 15) is 4.79 Å². The third-order valence-corrected chi connectivity index (χ3v) is 5.84. The van der Waals surface area contributed by atoms with Gasteiger partial charge in [0.1, 0.15) is 0 Å². The molecule has 2 saturated heterocycles. The van der Waals surface area contributed by atoms with Crippen molar-refractivity contribution in [3.63, 3.8) is 0 Å². The molecule has 0 spiro atoms. The molecule has 1 amide bonds. The Hall–Kier alpha value is -0.970. The lowest BCUT2D eigenvalue weighted by Gasteiger charge is -2.29. The van der Waals surface area contributed by atoms with Gasteiger partial charge < -0.3 is 15.5 Å². The smallest absolute Gasteiger partial charge is 0.254 e. The van der Waals surface area contributed by atoms with Crippen molar-refractivity contribution < 1.29 is 4.79 Å². The van der Waals surface area contributed by atoms with Crippen molar-refractivity contribution >= 4 is 36.4 Å². The molecule has 0 radical (unpaired) electrons. The number of hydrogen-bond donors (Lipinski definition) is 2. The van der Waals surface area contributed by atoms with Crippen LogP contribution in [0.4, 0.5) is 5.69 Å². The number of benzene rings is 1. The van der Waals surface area contributed by atoms with Crippen LogP contribution in [0.25, 0.3) is 0 Å². The SMILES string of the molecule is Cc1c(NC(C)C(C)C)cccc1C(=O)N1C2CCNCC1CC2.Cl.Cl. The van der Waals surface area contributed by atoms with E-state index in [4.69, 9.17) is 0 Å². The van der Waals surface area contributed by atoms with Gasteiger partial charge in [-0.25, -0.2) is 0 Å². The predicted octanol–water partition coefficient (Wildman–Crippen LogP) is 4.26. The van der Waals surface area contributed by atoms with Crippen LogP contribution in [0.2, 0.25) is 0 Å². The molecule has 0 aliphatic carbocycles. The number of fused-ring (bicyclic) bond motifs is 2. The Morgan fingerprint density at radius 1 is 1.15 bits per heavy atom. The molecule has 0 saturated carbocycles. The van der Waals surface area contributed by atoms with E-state index in [-0.39, 0.29) is 30.7 Å². The minimum absolute atomic E-state index is 0. The number of rotatable bonds is 4. The highest BCUT2D eigenvalue weighted by Crippen LogP contribution is 2.31. The monoisotopic (exact) mass is 401 g/mol. The minimum Gasteiger partial charge on any atom is -0.382 e. The quantitative estimate of drug-likeness (QED) is 0.791. The molecule has 1 aromatic carbocycles. The Morgan fingerprint density at radius 3 is 2.54 bits per heavy atom. The molecule has 2 heterocycles. The van der Waals surface area contributed by atoms with E-state index in [0.29, 0.717) is 24.0 Å². The Kier molecular flexibility index (Phi) is 8.71. The molecule has 3 atom stereocenters. The van der Waals surface area contributed by atoms with Gasteiger partial charge >= 0.3 is 0 Å². The zero-order chi connectivity index (χ0) is 17.3. The second-order valence-electron chi connectivity index (χ2n) is 7.75. The van der Waals surface area contributed by atoms with Crippen molar-refractivity contribution in [3.8, 4) is 0 Å². The fraction of sp³-hybridized carbons (Fsp3) is 0.650. The normalized spacial score (nSPS) is 22.9. The van der Waals surface area contributed by atoms with Gasteiger partial charge in [0.05, 0.1) is 0 Å². The first-order valence-electron chi connectivity index (χ1n) is 9.38. The highest BCUT2D eigenvalue weighted by atomic mass is 35.5. The zero-order valence-corrected chi connectivity index (χ0v) is 17.9. The third kappa shape index (κ3) is 4.65. The molecule has 3 rings (SSSR count). The average Bonchev–Trinajstić information content (AvgIpc) is 2.81. The lowest BCUT2D eigenvalue weighted by Crippen LogP contribution is -2.42. The standard InChI is InChI=1S/C20H31N3O.2ClH/c1-13(2)15(4)22-19-7-5-6-18(14(19)3)20(24)23-16-8-9-17(23)12-21-11-10-16;;/h5-7,13,15-17,21-22H,8-12H2,1-4H3;2*1H. The maximum absolute atomic E-state index is 13.3. The summed E-state index contributed by atoms with van der Waals surface area (Å²) in [5, 5.41) is 7.05. The summed E-state index contributed by atoms with van der Waals surface area (Å²) in [6.07, 6.45) is 3.36. The van der Waals surface area contributed by atoms with Gasteiger partial charge in [0.2, 0.25) is 0 Å². The highest BCUT2D eigenvalue weighted by Gasteiger charge is 2.38. The fourth-order valence-electron chi connectivity index (χ4n) is 3.89. The molecule has 26 heavy (non-hydrogen) atoms. The Balaban J connectivity index is 0.00000169. The van der Waals surface area contributed by atoms with Crippen LogP contribution in [0.5, 0.6) is 0 Å². The maximum Gasteiger partial charge on any atom is 0.254 e. The second-order valence-corrected chi connectivity index (χ2v) is 7.75. The van der Waals surface area contributed by atoms with Gasteiger partial charge in [0.25, 0.3) is 5.91 Å². The number of anilines is 1. The van der Waals surface area contributed by atoms with E-state index in [1.165, 1.54) is 0 Å². The molecule has 2 fully saturated rings. The Bertz CT molecular complexity index is 595. The summed E-state index contributed by atoms with van der Waals surface area (Å²) in [5.41, 5.74) is 3.02. The first-order valence-corrected chi connectivity index (χ1v) is 9.38. The number of carbonyl (C=O) groups is 1. The van der Waals surface area contributed by atoms with E-state index in [1.54, 1.807) is 0 Å². The summed E-state index contributed by atoms with van der Waals surface area (Å²) < 4.78 is 0. The van der Waals surface area contributed by atoms with Crippen LogP contribution in [0, 0.1) is 12.8 Å². The molecule has 4 nitrogen and oxygen atoms in total. The molecule has 3 unspecified atom stereocenters. The number of hydrogen-bond acceptors (Lipinski definition) is 3. The Morgan fingerprint density at radius 2 is 1.85 bits per heavy atom. The summed E-state index contributed by atoms with van der Waals surface area (Å²) in [6, 6.07) is 7.23. The fourth-order valence-corrected chi connectivity index (χ4v) is 3.89. The van der Waals surface area contributed by atoms with E-state index in [0.717, 1.165) is 49.2 Å². The first-order chi connectivity index (χ1) is 11.5. The van der Waals surface area contributed by atoms with Crippen LogP contribution < -0.4 is 10.6 Å². The van der Waals surface area contributed by atoms with Crippen molar-refractivity contribution in [2.24, 2.45) is 5.92 Å². The summed E-state index contributed by atoms with van der Waals surface area (Å²) in [5.74, 6) is 0.765. The molecule has 6 heteroatoms. The number of nitrogens with one attached hydrogen (secondary N) is 2. The predicted molar refractivity (Wildman–Crippen MR) is 114 cm³/mol. The Labute approximate surface area is 170 Å². The van der Waals surface area contributed by atoms with E-state index >= 15 is 0 Å². The molecule has 2 bridgehead atoms. The topological polar surface area (TPSA) is 44.4 Å². The van der Waals surface area contributed by atoms with Crippen LogP contribution in [-0.2, 0) is 0 Å². The maximum atomic E-state index is 13.3. The number of amides is 1. The second kappa shape index (κ2) is 9.82.